The van der Waals surface area contributed by atoms with Crippen molar-refractivity contribution in [1.29, 1.82) is 0 Å². The molecule has 0 aromatic heterocycles. The summed E-state index contributed by atoms with van der Waals surface area (Å²) in [5, 5.41) is 4.09. The van der Waals surface area contributed by atoms with Gasteiger partial charge in [0.15, 0.2) is 5.96 Å². The van der Waals surface area contributed by atoms with Crippen LogP contribution < -0.4 is 20.7 Å². The average molecular weight is 564 g/mol. The number of hydrogen-bond donors (Lipinski definition) is 2. The molecule has 1 amide bonds. The van der Waals surface area contributed by atoms with Gasteiger partial charge in [-0.1, -0.05) is 23.2 Å². The summed E-state index contributed by atoms with van der Waals surface area (Å²) in [5.74, 6) is 0.665. The Morgan fingerprint density at radius 3 is 2.40 bits per heavy atom. The van der Waals surface area contributed by atoms with Crippen LogP contribution in [-0.2, 0) is 4.79 Å². The van der Waals surface area contributed by atoms with Crippen LogP contribution in [0.3, 0.4) is 0 Å². The normalized spacial score (nSPS) is 14.2. The summed E-state index contributed by atoms with van der Waals surface area (Å²) in [6, 6.07) is 12.9. The first kappa shape index (κ1) is 24.4. The van der Waals surface area contributed by atoms with Crippen LogP contribution in [0.1, 0.15) is 0 Å². The molecule has 3 rings (SSSR count). The molecule has 1 aliphatic heterocycles. The van der Waals surface area contributed by atoms with E-state index in [2.05, 4.69) is 15.2 Å². The van der Waals surface area contributed by atoms with Gasteiger partial charge in [-0.15, -0.1) is 24.0 Å². The van der Waals surface area contributed by atoms with Crippen LogP contribution in [0.25, 0.3) is 0 Å². The lowest BCUT2D eigenvalue weighted by molar-refractivity contribution is -0.129. The first-order chi connectivity index (χ1) is 14.0. The van der Waals surface area contributed by atoms with E-state index in [-0.39, 0.29) is 42.4 Å². The summed E-state index contributed by atoms with van der Waals surface area (Å²) in [6.45, 7) is 2.78. The van der Waals surface area contributed by atoms with E-state index in [0.29, 0.717) is 34.6 Å². The van der Waals surface area contributed by atoms with E-state index in [9.17, 15) is 4.79 Å². The fourth-order valence-corrected chi connectivity index (χ4v) is 3.43. The minimum atomic E-state index is -0.0572. The third-order valence-electron chi connectivity index (χ3n) is 4.63. The Morgan fingerprint density at radius 1 is 1.13 bits per heavy atom. The zero-order valence-electron chi connectivity index (χ0n) is 16.5. The van der Waals surface area contributed by atoms with E-state index in [0.717, 1.165) is 18.8 Å². The molecule has 3 N–H and O–H groups in total. The Labute approximate surface area is 203 Å². The van der Waals surface area contributed by atoms with Gasteiger partial charge in [0, 0.05) is 42.6 Å². The highest BCUT2D eigenvalue weighted by Crippen LogP contribution is 2.27. The highest BCUT2D eigenvalue weighted by atomic mass is 127. The Bertz CT molecular complexity index is 887. The van der Waals surface area contributed by atoms with Crippen molar-refractivity contribution < 1.29 is 9.53 Å². The van der Waals surface area contributed by atoms with E-state index in [1.165, 1.54) is 0 Å². The van der Waals surface area contributed by atoms with E-state index < -0.39 is 0 Å². The number of nitrogens with one attached hydrogen (secondary N) is 1. The molecule has 0 radical (unpaired) electrons. The molecule has 0 bridgehead atoms. The van der Waals surface area contributed by atoms with E-state index >= 15 is 0 Å². The van der Waals surface area contributed by atoms with Crippen LogP contribution in [-0.4, -0.2) is 56.6 Å². The van der Waals surface area contributed by atoms with Crippen molar-refractivity contribution in [2.24, 2.45) is 10.7 Å². The van der Waals surface area contributed by atoms with Crippen molar-refractivity contribution in [2.45, 2.75) is 0 Å². The number of aliphatic imine (C=N–C) groups is 1. The van der Waals surface area contributed by atoms with Gasteiger partial charge in [-0.25, -0.2) is 4.99 Å². The number of amides is 1. The first-order valence-corrected chi connectivity index (χ1v) is 9.90. The number of rotatable bonds is 5. The van der Waals surface area contributed by atoms with Crippen LogP contribution >= 0.6 is 47.2 Å². The van der Waals surface area contributed by atoms with Crippen LogP contribution in [0.5, 0.6) is 5.75 Å². The van der Waals surface area contributed by atoms with Gasteiger partial charge in [-0.2, -0.15) is 0 Å². The van der Waals surface area contributed by atoms with Crippen molar-refractivity contribution in [3.63, 3.8) is 0 Å². The number of hydrogen-bond acceptors (Lipinski definition) is 4. The molecule has 0 unspecified atom stereocenters. The molecule has 0 spiro atoms. The number of halogens is 3. The number of guanidine groups is 1. The molecule has 10 heteroatoms. The molecule has 1 aliphatic rings. The Hall–Kier alpha value is -1.91. The first-order valence-electron chi connectivity index (χ1n) is 9.15. The average Bonchev–Trinajstić information content (AvgIpc) is 2.73. The molecule has 0 atom stereocenters. The predicted octanol–water partition coefficient (Wildman–Crippen LogP) is 3.70. The summed E-state index contributed by atoms with van der Waals surface area (Å²) in [6.07, 6.45) is 0. The molecule has 1 fully saturated rings. The highest BCUT2D eigenvalue weighted by molar-refractivity contribution is 14.0. The molecular formula is C20H24Cl2IN5O2. The van der Waals surface area contributed by atoms with Gasteiger partial charge in [0.25, 0.3) is 0 Å². The van der Waals surface area contributed by atoms with Gasteiger partial charge in [0.2, 0.25) is 5.91 Å². The fourth-order valence-electron chi connectivity index (χ4n) is 3.05. The number of piperazine rings is 1. The number of carbonyl (C=O) groups excluding carboxylic acids is 1. The number of nitrogens with zero attached hydrogens (tertiary/aromatic N) is 3. The third-order valence-corrected chi connectivity index (χ3v) is 5.18. The van der Waals surface area contributed by atoms with E-state index in [1.807, 2.05) is 24.3 Å². The summed E-state index contributed by atoms with van der Waals surface area (Å²) >= 11 is 12.0. The molecule has 162 valence electrons. The van der Waals surface area contributed by atoms with E-state index in [1.54, 1.807) is 30.2 Å². The number of nitrogens with two attached hydrogens (primary N) is 1. The lowest BCUT2D eigenvalue weighted by atomic mass is 10.2. The maximum Gasteiger partial charge on any atom is 0.244 e. The largest absolute Gasteiger partial charge is 0.495 e. The number of methoxy groups -OCH3 is 1. The van der Waals surface area contributed by atoms with Gasteiger partial charge in [0.05, 0.1) is 12.1 Å². The van der Waals surface area contributed by atoms with Crippen molar-refractivity contribution in [2.75, 3.05) is 50.1 Å². The highest BCUT2D eigenvalue weighted by Gasteiger charge is 2.21. The van der Waals surface area contributed by atoms with Gasteiger partial charge >= 0.3 is 0 Å². The Morgan fingerprint density at radius 2 is 1.80 bits per heavy atom. The second kappa shape index (κ2) is 11.5. The summed E-state index contributed by atoms with van der Waals surface area (Å²) in [4.78, 5) is 20.6. The topological polar surface area (TPSA) is 83.2 Å². The maximum absolute atomic E-state index is 12.4. The smallest absolute Gasteiger partial charge is 0.244 e. The van der Waals surface area contributed by atoms with Gasteiger partial charge in [0.1, 0.15) is 12.3 Å². The second-order valence-corrected chi connectivity index (χ2v) is 7.36. The summed E-state index contributed by atoms with van der Waals surface area (Å²) in [5.41, 5.74) is 7.66. The molecule has 2 aromatic rings. The third kappa shape index (κ3) is 6.55. The maximum atomic E-state index is 12.4. The van der Waals surface area contributed by atoms with Crippen molar-refractivity contribution in [3.05, 3.63) is 52.5 Å². The fraction of sp³-hybridized carbons (Fsp3) is 0.300. The van der Waals surface area contributed by atoms with E-state index in [4.69, 9.17) is 33.7 Å². The van der Waals surface area contributed by atoms with Crippen LogP contribution in [0, 0.1) is 0 Å². The Kier molecular flexibility index (Phi) is 9.32. The van der Waals surface area contributed by atoms with Crippen LogP contribution in [0.2, 0.25) is 10.0 Å². The van der Waals surface area contributed by atoms with Crippen molar-refractivity contribution in [3.8, 4) is 5.75 Å². The molecule has 1 heterocycles. The van der Waals surface area contributed by atoms with Gasteiger partial charge in [-0.3, -0.25) is 4.79 Å². The summed E-state index contributed by atoms with van der Waals surface area (Å²) in [7, 11) is 1.55. The van der Waals surface area contributed by atoms with Crippen molar-refractivity contribution >= 4 is 70.4 Å². The molecule has 30 heavy (non-hydrogen) atoms. The predicted molar refractivity (Wildman–Crippen MR) is 134 cm³/mol. The number of anilines is 2. The number of benzene rings is 2. The lowest BCUT2D eigenvalue weighted by Crippen LogP contribution is -2.49. The number of carbonyl (C=O) groups is 1. The summed E-state index contributed by atoms with van der Waals surface area (Å²) < 4.78 is 5.11. The lowest BCUT2D eigenvalue weighted by Gasteiger charge is -2.36. The molecular weight excluding hydrogens is 540 g/mol. The number of ether oxygens (including phenoxy) is 1. The molecule has 0 aliphatic carbocycles. The minimum absolute atomic E-state index is 0. The van der Waals surface area contributed by atoms with Crippen LogP contribution in [0.4, 0.5) is 11.4 Å². The molecule has 1 saturated heterocycles. The second-order valence-electron chi connectivity index (χ2n) is 6.52. The van der Waals surface area contributed by atoms with Crippen LogP contribution in [0.15, 0.2) is 47.5 Å². The van der Waals surface area contributed by atoms with Gasteiger partial charge in [-0.05, 0) is 42.5 Å². The molecule has 2 aromatic carbocycles. The quantitative estimate of drug-likeness (QED) is 0.329. The monoisotopic (exact) mass is 563 g/mol. The molecule has 0 saturated carbocycles. The Balaban J connectivity index is 0.00000320. The van der Waals surface area contributed by atoms with Gasteiger partial charge < -0.3 is 25.6 Å². The zero-order valence-corrected chi connectivity index (χ0v) is 20.3. The zero-order chi connectivity index (χ0) is 20.8. The molecule has 7 nitrogen and oxygen atoms in total. The SMILES string of the molecule is COc1ccc(NC(N)=NCC(=O)N2CCN(c3ccc(Cl)cc3)CC2)cc1Cl.I. The minimum Gasteiger partial charge on any atom is -0.495 e. The van der Waals surface area contributed by atoms with Crippen molar-refractivity contribution in [1.82, 2.24) is 4.90 Å². The standard InChI is InChI=1S/C20H23Cl2N5O2.HI/c1-29-18-7-4-15(12-17(18)22)25-20(23)24-13-19(28)27-10-8-26(9-11-27)16-5-2-14(21)3-6-16;/h2-7,12H,8-11,13H2,1H3,(H3,23,24,25);1H.